The van der Waals surface area contributed by atoms with Gasteiger partial charge in [-0.1, -0.05) is 34.9 Å². The van der Waals surface area contributed by atoms with Crippen LogP contribution < -0.4 is 0 Å². The summed E-state index contributed by atoms with van der Waals surface area (Å²) < 4.78 is 1.04. The molecule has 0 fully saturated rings. The topological polar surface area (TPSA) is 48.8 Å². The third kappa shape index (κ3) is 2.28. The highest BCUT2D eigenvalue weighted by Crippen LogP contribution is 2.29. The molecule has 0 N–H and O–H groups in total. The predicted octanol–water partition coefficient (Wildman–Crippen LogP) is 4.52. The minimum Gasteiger partial charge on any atom is -0.0613 e. The Morgan fingerprint density at radius 2 is 1.79 bits per heavy atom. The predicted molar refractivity (Wildman–Crippen MR) is 61.7 cm³/mol. The summed E-state index contributed by atoms with van der Waals surface area (Å²) in [7, 11) is 0. The van der Waals surface area contributed by atoms with E-state index < -0.39 is 0 Å². The number of hydrogen-bond acceptors (Lipinski definition) is 1. The Labute approximate surface area is 91.9 Å². The third-order valence-corrected chi connectivity index (χ3v) is 2.60. The van der Waals surface area contributed by atoms with E-state index in [2.05, 4.69) is 39.8 Å². The summed E-state index contributed by atoms with van der Waals surface area (Å²) in [5.74, 6) is 0. The largest absolute Gasteiger partial charge is 0.0613 e. The van der Waals surface area contributed by atoms with E-state index in [-0.39, 0.29) is 0 Å². The summed E-state index contributed by atoms with van der Waals surface area (Å²) in [5.41, 5.74) is 11.5. The van der Waals surface area contributed by atoms with Crippen LogP contribution in [0.4, 0.5) is 5.69 Å². The van der Waals surface area contributed by atoms with Gasteiger partial charge in [0.05, 0.1) is 0 Å². The van der Waals surface area contributed by atoms with Gasteiger partial charge < -0.3 is 0 Å². The molecule has 4 heteroatoms. The first-order chi connectivity index (χ1) is 6.72. The first-order valence-corrected chi connectivity index (χ1v) is 5.38. The number of nitrogens with zero attached hydrogens (tertiary/aromatic N) is 3. The SMILES string of the molecule is CCc1cc(Br)cc(CC)c1N=[N+]=[N-]. The lowest BCUT2D eigenvalue weighted by Gasteiger charge is -2.08. The molecule has 0 aliphatic heterocycles. The zero-order chi connectivity index (χ0) is 10.6. The Morgan fingerprint density at radius 3 is 2.14 bits per heavy atom. The van der Waals surface area contributed by atoms with Crippen molar-refractivity contribution in [1.82, 2.24) is 0 Å². The summed E-state index contributed by atoms with van der Waals surface area (Å²) in [4.78, 5) is 2.86. The van der Waals surface area contributed by atoms with Crippen LogP contribution in [-0.4, -0.2) is 0 Å². The van der Waals surface area contributed by atoms with Gasteiger partial charge in [-0.25, -0.2) is 0 Å². The quantitative estimate of drug-likeness (QED) is 0.432. The van der Waals surface area contributed by atoms with Crippen LogP contribution in [0.3, 0.4) is 0 Å². The minimum atomic E-state index is 0.792. The zero-order valence-electron chi connectivity index (χ0n) is 8.29. The molecule has 0 radical (unpaired) electrons. The molecule has 0 bridgehead atoms. The Hall–Kier alpha value is -0.990. The van der Waals surface area contributed by atoms with Gasteiger partial charge in [0.2, 0.25) is 0 Å². The highest BCUT2D eigenvalue weighted by atomic mass is 79.9. The zero-order valence-corrected chi connectivity index (χ0v) is 9.87. The van der Waals surface area contributed by atoms with E-state index in [1.165, 1.54) is 0 Å². The van der Waals surface area contributed by atoms with Crippen LogP contribution in [0.1, 0.15) is 25.0 Å². The summed E-state index contributed by atoms with van der Waals surface area (Å²) in [6.07, 6.45) is 1.75. The van der Waals surface area contributed by atoms with Gasteiger partial charge >= 0.3 is 0 Å². The molecule has 0 aliphatic carbocycles. The highest BCUT2D eigenvalue weighted by molar-refractivity contribution is 9.10. The third-order valence-electron chi connectivity index (χ3n) is 2.14. The number of benzene rings is 1. The van der Waals surface area contributed by atoms with E-state index >= 15 is 0 Å². The Balaban J connectivity index is 3.39. The maximum absolute atomic E-state index is 8.48. The number of halogens is 1. The average molecular weight is 254 g/mol. The van der Waals surface area contributed by atoms with E-state index in [0.29, 0.717) is 0 Å². The second-order valence-corrected chi connectivity index (χ2v) is 3.88. The molecule has 0 unspecified atom stereocenters. The molecule has 0 aliphatic rings. The van der Waals surface area contributed by atoms with Gasteiger partial charge in [0.25, 0.3) is 0 Å². The van der Waals surface area contributed by atoms with Crippen molar-refractivity contribution in [3.8, 4) is 0 Å². The molecule has 1 rings (SSSR count). The smallest absolute Gasteiger partial charge is 0.0439 e. The lowest BCUT2D eigenvalue weighted by molar-refractivity contribution is 1.07. The van der Waals surface area contributed by atoms with Crippen LogP contribution in [0.5, 0.6) is 0 Å². The van der Waals surface area contributed by atoms with E-state index in [1.807, 2.05) is 12.1 Å². The van der Waals surface area contributed by atoms with E-state index in [9.17, 15) is 0 Å². The molecule has 0 spiro atoms. The van der Waals surface area contributed by atoms with Crippen LogP contribution in [0.15, 0.2) is 21.7 Å². The lowest BCUT2D eigenvalue weighted by Crippen LogP contribution is -1.88. The molecule has 74 valence electrons. The van der Waals surface area contributed by atoms with Gasteiger partial charge in [-0.2, -0.15) is 0 Å². The van der Waals surface area contributed by atoms with Crippen LogP contribution in [0.2, 0.25) is 0 Å². The number of azide groups is 1. The first-order valence-electron chi connectivity index (χ1n) is 4.59. The monoisotopic (exact) mass is 253 g/mol. The van der Waals surface area contributed by atoms with Gasteiger partial charge in [-0.05, 0) is 41.6 Å². The molecule has 1 aromatic rings. The fourth-order valence-electron chi connectivity index (χ4n) is 1.43. The molecular formula is C10H12BrN3. The lowest BCUT2D eigenvalue weighted by atomic mass is 10.0. The van der Waals surface area contributed by atoms with E-state index in [1.54, 1.807) is 0 Å². The molecule has 0 aromatic heterocycles. The summed E-state index contributed by atoms with van der Waals surface area (Å²) in [5, 5.41) is 3.75. The molecule has 0 amide bonds. The number of aryl methyl sites for hydroxylation is 2. The molecule has 1 aromatic carbocycles. The molecule has 0 heterocycles. The Morgan fingerprint density at radius 1 is 1.29 bits per heavy atom. The van der Waals surface area contributed by atoms with Gasteiger partial charge in [0, 0.05) is 15.1 Å². The highest BCUT2D eigenvalue weighted by Gasteiger charge is 2.05. The number of rotatable bonds is 3. The van der Waals surface area contributed by atoms with Crippen molar-refractivity contribution < 1.29 is 0 Å². The first kappa shape index (κ1) is 11.1. The van der Waals surface area contributed by atoms with Crippen molar-refractivity contribution in [3.63, 3.8) is 0 Å². The van der Waals surface area contributed by atoms with Crippen LogP contribution >= 0.6 is 15.9 Å². The molecule has 0 saturated carbocycles. The van der Waals surface area contributed by atoms with E-state index in [0.717, 1.165) is 34.1 Å². The molecule has 0 saturated heterocycles. The van der Waals surface area contributed by atoms with Gasteiger partial charge in [-0.15, -0.1) is 0 Å². The number of hydrogen-bond donors (Lipinski definition) is 0. The minimum absolute atomic E-state index is 0.792. The standard InChI is InChI=1S/C10H12BrN3/c1-3-7-5-9(11)6-8(4-2)10(7)13-14-12/h5-6H,3-4H2,1-2H3. The second-order valence-electron chi connectivity index (χ2n) is 2.97. The van der Waals surface area contributed by atoms with Crippen LogP contribution in [0.25, 0.3) is 10.4 Å². The maximum Gasteiger partial charge on any atom is 0.0439 e. The van der Waals surface area contributed by atoms with Crippen molar-refractivity contribution in [2.45, 2.75) is 26.7 Å². The van der Waals surface area contributed by atoms with Crippen molar-refractivity contribution in [2.24, 2.45) is 5.11 Å². The fourth-order valence-corrected chi connectivity index (χ4v) is 1.98. The Bertz CT molecular complexity index is 356. The summed E-state index contributed by atoms with van der Waals surface area (Å²) in [6, 6.07) is 4.01. The van der Waals surface area contributed by atoms with Crippen molar-refractivity contribution in [3.05, 3.63) is 38.2 Å². The van der Waals surface area contributed by atoms with Crippen molar-refractivity contribution in [2.75, 3.05) is 0 Å². The summed E-state index contributed by atoms with van der Waals surface area (Å²) >= 11 is 3.45. The second kappa shape index (κ2) is 5.03. The van der Waals surface area contributed by atoms with Gasteiger partial charge in [0.15, 0.2) is 0 Å². The van der Waals surface area contributed by atoms with Crippen molar-refractivity contribution in [1.29, 1.82) is 0 Å². The van der Waals surface area contributed by atoms with Crippen molar-refractivity contribution >= 4 is 21.6 Å². The molecule has 3 nitrogen and oxygen atoms in total. The summed E-state index contributed by atoms with van der Waals surface area (Å²) in [6.45, 7) is 4.11. The molecule has 14 heavy (non-hydrogen) atoms. The van der Waals surface area contributed by atoms with Crippen LogP contribution in [0, 0.1) is 0 Å². The Kier molecular flexibility index (Phi) is 3.98. The van der Waals surface area contributed by atoms with Crippen LogP contribution in [-0.2, 0) is 12.8 Å². The van der Waals surface area contributed by atoms with Gasteiger partial charge in [0.1, 0.15) is 0 Å². The maximum atomic E-state index is 8.48. The molecule has 0 atom stereocenters. The fraction of sp³-hybridized carbons (Fsp3) is 0.400. The van der Waals surface area contributed by atoms with E-state index in [4.69, 9.17) is 5.53 Å². The molecular weight excluding hydrogens is 242 g/mol. The van der Waals surface area contributed by atoms with Gasteiger partial charge in [-0.3, -0.25) is 0 Å². The normalized spacial score (nSPS) is 9.64. The average Bonchev–Trinajstić information content (AvgIpc) is 2.20.